The molecular formula is C24H21ClN2O3S. The minimum Gasteiger partial charge on any atom is -0.463 e. The van der Waals surface area contributed by atoms with Crippen molar-refractivity contribution in [2.75, 3.05) is 6.61 Å². The molecule has 0 saturated heterocycles. The van der Waals surface area contributed by atoms with Crippen LogP contribution in [0.3, 0.4) is 0 Å². The Labute approximate surface area is 188 Å². The smallest absolute Gasteiger partial charge is 0.338 e. The maximum absolute atomic E-state index is 13.5. The molecule has 0 amide bonds. The van der Waals surface area contributed by atoms with Crippen LogP contribution in [-0.4, -0.2) is 17.1 Å². The fourth-order valence-corrected chi connectivity index (χ4v) is 4.82. The molecule has 158 valence electrons. The minimum absolute atomic E-state index is 0.219. The molecule has 0 aliphatic carbocycles. The maximum atomic E-state index is 13.5. The van der Waals surface area contributed by atoms with Crippen molar-refractivity contribution in [2.24, 2.45) is 4.99 Å². The van der Waals surface area contributed by atoms with Crippen molar-refractivity contribution in [3.05, 3.63) is 101 Å². The topological polar surface area (TPSA) is 60.7 Å². The number of aromatic nitrogens is 1. The molecule has 4 rings (SSSR count). The lowest BCUT2D eigenvalue weighted by Gasteiger charge is -2.24. The van der Waals surface area contributed by atoms with Crippen molar-refractivity contribution >= 4 is 35.0 Å². The molecule has 3 aromatic rings. The van der Waals surface area contributed by atoms with Gasteiger partial charge in [0.1, 0.15) is 0 Å². The summed E-state index contributed by atoms with van der Waals surface area (Å²) in [4.78, 5) is 31.4. The van der Waals surface area contributed by atoms with E-state index in [0.717, 1.165) is 16.7 Å². The van der Waals surface area contributed by atoms with E-state index in [4.69, 9.17) is 16.3 Å². The highest BCUT2D eigenvalue weighted by atomic mass is 35.5. The Morgan fingerprint density at radius 2 is 1.90 bits per heavy atom. The monoisotopic (exact) mass is 452 g/mol. The van der Waals surface area contributed by atoms with Gasteiger partial charge in [-0.1, -0.05) is 71.0 Å². The Morgan fingerprint density at radius 1 is 1.19 bits per heavy atom. The van der Waals surface area contributed by atoms with Gasteiger partial charge in [0.15, 0.2) is 4.80 Å². The number of hydrogen-bond donors (Lipinski definition) is 0. The molecule has 0 saturated carbocycles. The largest absolute Gasteiger partial charge is 0.463 e. The molecular weight excluding hydrogens is 432 g/mol. The van der Waals surface area contributed by atoms with Gasteiger partial charge in [-0.15, -0.1) is 0 Å². The molecule has 1 unspecified atom stereocenters. The summed E-state index contributed by atoms with van der Waals surface area (Å²) >= 11 is 7.57. The third-order valence-electron chi connectivity index (χ3n) is 5.10. The summed E-state index contributed by atoms with van der Waals surface area (Å²) in [6.07, 6.45) is 1.77. The third kappa shape index (κ3) is 4.01. The maximum Gasteiger partial charge on any atom is 0.338 e. The number of ether oxygens (including phenoxy) is 1. The van der Waals surface area contributed by atoms with E-state index in [1.807, 2.05) is 49.4 Å². The van der Waals surface area contributed by atoms with Crippen LogP contribution < -0.4 is 14.9 Å². The molecule has 0 radical (unpaired) electrons. The second-order valence-electron chi connectivity index (χ2n) is 7.23. The summed E-state index contributed by atoms with van der Waals surface area (Å²) in [6.45, 7) is 5.77. The van der Waals surface area contributed by atoms with Crippen LogP contribution in [0.1, 0.15) is 36.6 Å². The van der Waals surface area contributed by atoms with Crippen molar-refractivity contribution in [1.82, 2.24) is 4.57 Å². The molecule has 0 N–H and O–H groups in total. The number of allylic oxidation sites excluding steroid dienone is 1. The van der Waals surface area contributed by atoms with E-state index in [-0.39, 0.29) is 12.2 Å². The molecule has 1 aliphatic heterocycles. The van der Waals surface area contributed by atoms with Gasteiger partial charge in [-0.3, -0.25) is 9.36 Å². The molecule has 0 bridgehead atoms. The highest BCUT2D eigenvalue weighted by molar-refractivity contribution is 7.07. The SMILES string of the molecule is CCOC(=O)C1=C(C)N=c2s/c(=C\c3ccccc3Cl)c(=O)n2C1c1ccc(C)cc1. The molecule has 0 fully saturated rings. The van der Waals surface area contributed by atoms with Gasteiger partial charge in [-0.05, 0) is 44.0 Å². The van der Waals surface area contributed by atoms with Crippen molar-refractivity contribution in [2.45, 2.75) is 26.8 Å². The lowest BCUT2D eigenvalue weighted by molar-refractivity contribution is -0.139. The zero-order valence-corrected chi connectivity index (χ0v) is 19.0. The average Bonchev–Trinajstić information content (AvgIpc) is 3.04. The molecule has 0 spiro atoms. The number of carbonyl (C=O) groups excluding carboxylic acids is 1. The third-order valence-corrected chi connectivity index (χ3v) is 6.43. The summed E-state index contributed by atoms with van der Waals surface area (Å²) in [5.41, 5.74) is 3.38. The van der Waals surface area contributed by atoms with Gasteiger partial charge in [-0.2, -0.15) is 0 Å². The number of rotatable bonds is 4. The van der Waals surface area contributed by atoms with Gasteiger partial charge < -0.3 is 4.74 Å². The number of aryl methyl sites for hydroxylation is 1. The zero-order valence-electron chi connectivity index (χ0n) is 17.4. The highest BCUT2D eigenvalue weighted by Crippen LogP contribution is 2.30. The van der Waals surface area contributed by atoms with Gasteiger partial charge in [0.2, 0.25) is 0 Å². The van der Waals surface area contributed by atoms with E-state index in [0.29, 0.717) is 25.6 Å². The van der Waals surface area contributed by atoms with Crippen LogP contribution in [0.5, 0.6) is 0 Å². The van der Waals surface area contributed by atoms with Crippen LogP contribution >= 0.6 is 22.9 Å². The molecule has 2 aromatic carbocycles. The van der Waals surface area contributed by atoms with Crippen molar-refractivity contribution in [3.8, 4) is 0 Å². The fraction of sp³-hybridized carbons (Fsp3) is 0.208. The van der Waals surface area contributed by atoms with E-state index in [9.17, 15) is 9.59 Å². The lowest BCUT2D eigenvalue weighted by Crippen LogP contribution is -2.39. The van der Waals surface area contributed by atoms with Gasteiger partial charge >= 0.3 is 5.97 Å². The Hall–Kier alpha value is -2.96. The summed E-state index contributed by atoms with van der Waals surface area (Å²) in [5, 5.41) is 0.562. The molecule has 2 heterocycles. The fourth-order valence-electron chi connectivity index (χ4n) is 3.59. The highest BCUT2D eigenvalue weighted by Gasteiger charge is 2.33. The van der Waals surface area contributed by atoms with E-state index in [1.165, 1.54) is 11.3 Å². The van der Waals surface area contributed by atoms with Crippen LogP contribution in [0.25, 0.3) is 6.08 Å². The first kappa shape index (κ1) is 21.3. The number of fused-ring (bicyclic) bond motifs is 1. The Bertz CT molecular complexity index is 1370. The number of benzene rings is 2. The first-order valence-corrected chi connectivity index (χ1v) is 11.1. The summed E-state index contributed by atoms with van der Waals surface area (Å²) < 4.78 is 7.39. The van der Waals surface area contributed by atoms with Crippen LogP contribution in [0.4, 0.5) is 0 Å². The number of nitrogens with zero attached hydrogens (tertiary/aromatic N) is 2. The Morgan fingerprint density at radius 3 is 2.58 bits per heavy atom. The molecule has 7 heteroatoms. The van der Waals surface area contributed by atoms with E-state index in [2.05, 4.69) is 4.99 Å². The predicted molar refractivity (Wildman–Crippen MR) is 123 cm³/mol. The number of carbonyl (C=O) groups is 1. The number of esters is 1. The Kier molecular flexibility index (Phi) is 5.94. The van der Waals surface area contributed by atoms with Crippen molar-refractivity contribution in [1.29, 1.82) is 0 Å². The summed E-state index contributed by atoms with van der Waals surface area (Å²) in [5.74, 6) is -0.463. The average molecular weight is 453 g/mol. The van der Waals surface area contributed by atoms with E-state index < -0.39 is 12.0 Å². The summed E-state index contributed by atoms with van der Waals surface area (Å²) in [7, 11) is 0. The number of thiazole rings is 1. The Balaban J connectivity index is 1.97. The van der Waals surface area contributed by atoms with Gasteiger partial charge in [-0.25, -0.2) is 9.79 Å². The van der Waals surface area contributed by atoms with Crippen LogP contribution in [0.15, 0.2) is 69.6 Å². The lowest BCUT2D eigenvalue weighted by atomic mass is 9.95. The second kappa shape index (κ2) is 8.65. The van der Waals surface area contributed by atoms with Gasteiger partial charge in [0.25, 0.3) is 5.56 Å². The molecule has 31 heavy (non-hydrogen) atoms. The minimum atomic E-state index is -0.607. The normalized spacial score (nSPS) is 16.1. The first-order valence-electron chi connectivity index (χ1n) is 9.91. The zero-order chi connectivity index (χ0) is 22.1. The molecule has 1 atom stereocenters. The van der Waals surface area contributed by atoms with Gasteiger partial charge in [0, 0.05) is 5.02 Å². The van der Waals surface area contributed by atoms with Crippen LogP contribution in [0, 0.1) is 6.92 Å². The summed E-state index contributed by atoms with van der Waals surface area (Å²) in [6, 6.07) is 14.5. The van der Waals surface area contributed by atoms with Crippen LogP contribution in [-0.2, 0) is 9.53 Å². The first-order chi connectivity index (χ1) is 14.9. The van der Waals surface area contributed by atoms with Crippen LogP contribution in [0.2, 0.25) is 5.02 Å². The predicted octanol–water partition coefficient (Wildman–Crippen LogP) is 3.76. The molecule has 1 aliphatic rings. The molecule has 1 aromatic heterocycles. The number of hydrogen-bond acceptors (Lipinski definition) is 5. The van der Waals surface area contributed by atoms with Crippen molar-refractivity contribution < 1.29 is 9.53 Å². The van der Waals surface area contributed by atoms with E-state index in [1.54, 1.807) is 30.6 Å². The molecule has 5 nitrogen and oxygen atoms in total. The van der Waals surface area contributed by atoms with Crippen molar-refractivity contribution in [3.63, 3.8) is 0 Å². The van der Waals surface area contributed by atoms with E-state index >= 15 is 0 Å². The quantitative estimate of drug-likeness (QED) is 0.566. The van der Waals surface area contributed by atoms with Gasteiger partial charge in [0.05, 0.1) is 28.5 Å². The second-order valence-corrected chi connectivity index (χ2v) is 8.65. The number of halogens is 1. The standard InChI is InChI=1S/C24H21ClN2O3S/c1-4-30-23(29)20-15(3)26-24-27(21(20)16-11-9-14(2)10-12-16)22(28)19(31-24)13-17-7-5-6-8-18(17)25/h5-13,21H,4H2,1-3H3/b19-13-.